The fourth-order valence-corrected chi connectivity index (χ4v) is 4.09. The second-order valence-electron chi connectivity index (χ2n) is 5.62. The molecule has 124 valence electrons. The lowest BCUT2D eigenvalue weighted by atomic mass is 10.1. The van der Waals surface area contributed by atoms with Crippen molar-refractivity contribution in [1.29, 1.82) is 0 Å². The minimum Gasteiger partial charge on any atom is -0.308 e. The van der Waals surface area contributed by atoms with Gasteiger partial charge in [-0.25, -0.2) is 14.4 Å². The number of amides is 1. The Labute approximate surface area is 144 Å². The van der Waals surface area contributed by atoms with Crippen LogP contribution in [0.15, 0.2) is 24.3 Å². The largest absolute Gasteiger partial charge is 0.308 e. The molecule has 2 aromatic heterocycles. The van der Waals surface area contributed by atoms with Gasteiger partial charge >= 0.3 is 0 Å². The molecule has 0 radical (unpaired) electrons. The van der Waals surface area contributed by atoms with Crippen LogP contribution in [0.1, 0.15) is 33.7 Å². The number of halogens is 1. The number of anilines is 1. The molecular weight excluding hydrogens is 325 g/mol. The molecule has 3 aromatic rings. The van der Waals surface area contributed by atoms with E-state index in [0.717, 1.165) is 21.5 Å². The Bertz CT molecular complexity index is 918. The van der Waals surface area contributed by atoms with Crippen molar-refractivity contribution in [2.75, 3.05) is 11.4 Å². The Hall–Kier alpha value is -2.34. The summed E-state index contributed by atoms with van der Waals surface area (Å²) in [6, 6.07) is 5.97. The van der Waals surface area contributed by atoms with Gasteiger partial charge in [0.25, 0.3) is 5.91 Å². The van der Waals surface area contributed by atoms with Crippen LogP contribution >= 0.6 is 11.3 Å². The zero-order valence-corrected chi connectivity index (χ0v) is 14.9. The normalized spacial score (nSPS) is 11.0. The molecule has 1 amide bonds. The van der Waals surface area contributed by atoms with E-state index >= 15 is 0 Å². The van der Waals surface area contributed by atoms with Gasteiger partial charge in [0.15, 0.2) is 0 Å². The predicted molar refractivity (Wildman–Crippen MR) is 95.4 cm³/mol. The summed E-state index contributed by atoms with van der Waals surface area (Å²) in [7, 11) is 0. The summed E-state index contributed by atoms with van der Waals surface area (Å²) < 4.78 is 13.1. The van der Waals surface area contributed by atoms with Gasteiger partial charge < -0.3 is 4.90 Å². The number of aryl methyl sites for hydroxylation is 3. The van der Waals surface area contributed by atoms with Crippen LogP contribution in [0.3, 0.4) is 0 Å². The lowest BCUT2D eigenvalue weighted by Crippen LogP contribution is -2.30. The average molecular weight is 343 g/mol. The highest BCUT2D eigenvalue weighted by Crippen LogP contribution is 2.33. The first kappa shape index (κ1) is 16.5. The number of hydrogen-bond acceptors (Lipinski definition) is 4. The molecule has 24 heavy (non-hydrogen) atoms. The van der Waals surface area contributed by atoms with E-state index in [9.17, 15) is 9.18 Å². The Morgan fingerprint density at radius 2 is 1.83 bits per heavy atom. The number of aromatic nitrogens is 2. The van der Waals surface area contributed by atoms with E-state index in [2.05, 4.69) is 9.97 Å². The number of hydrogen-bond donors (Lipinski definition) is 0. The van der Waals surface area contributed by atoms with Crippen molar-refractivity contribution in [1.82, 2.24) is 9.97 Å². The van der Waals surface area contributed by atoms with Crippen LogP contribution in [-0.4, -0.2) is 22.4 Å². The van der Waals surface area contributed by atoms with Crippen molar-refractivity contribution in [3.8, 4) is 0 Å². The fourth-order valence-electron chi connectivity index (χ4n) is 2.86. The van der Waals surface area contributed by atoms with Gasteiger partial charge in [-0.05, 0) is 57.5 Å². The first-order chi connectivity index (χ1) is 11.4. The third-order valence-corrected chi connectivity index (χ3v) is 5.15. The quantitative estimate of drug-likeness (QED) is 0.707. The molecule has 3 rings (SSSR count). The molecule has 4 nitrogen and oxygen atoms in total. The molecular formula is C18H18FN3OS. The van der Waals surface area contributed by atoms with Gasteiger partial charge in [-0.2, -0.15) is 0 Å². The van der Waals surface area contributed by atoms with Gasteiger partial charge in [0.2, 0.25) is 0 Å². The van der Waals surface area contributed by atoms with Gasteiger partial charge in [-0.15, -0.1) is 11.3 Å². The third kappa shape index (κ3) is 2.78. The number of rotatable bonds is 3. The van der Waals surface area contributed by atoms with E-state index in [1.165, 1.54) is 23.5 Å². The molecule has 0 N–H and O–H groups in total. The monoisotopic (exact) mass is 343 g/mol. The SMILES string of the molecule is CCN(C(=O)c1sc2nc(C)nc(C)c2c1C)c1ccc(F)cc1. The predicted octanol–water partition coefficient (Wildman–Crippen LogP) is 4.42. The Balaban J connectivity index is 2.08. The van der Waals surface area contributed by atoms with E-state index in [0.29, 0.717) is 22.9 Å². The van der Waals surface area contributed by atoms with Crippen molar-refractivity contribution in [3.63, 3.8) is 0 Å². The van der Waals surface area contributed by atoms with Crippen LogP contribution in [0.2, 0.25) is 0 Å². The highest BCUT2D eigenvalue weighted by molar-refractivity contribution is 7.20. The zero-order valence-electron chi connectivity index (χ0n) is 14.1. The summed E-state index contributed by atoms with van der Waals surface area (Å²) in [5.41, 5.74) is 2.47. The standard InChI is InChI=1S/C18H18FN3OS/c1-5-22(14-8-6-13(19)7-9-14)18(23)16-10(2)15-11(3)20-12(4)21-17(15)24-16/h6-9H,5H2,1-4H3. The summed E-state index contributed by atoms with van der Waals surface area (Å²) >= 11 is 1.39. The molecule has 0 aliphatic carbocycles. The molecule has 0 spiro atoms. The van der Waals surface area contributed by atoms with E-state index in [-0.39, 0.29) is 11.7 Å². The number of fused-ring (bicyclic) bond motifs is 1. The fraction of sp³-hybridized carbons (Fsp3) is 0.278. The van der Waals surface area contributed by atoms with E-state index in [1.807, 2.05) is 27.7 Å². The number of carbonyl (C=O) groups excluding carboxylic acids is 1. The van der Waals surface area contributed by atoms with Gasteiger partial charge in [0.05, 0.1) is 4.88 Å². The van der Waals surface area contributed by atoms with Crippen LogP contribution in [0.4, 0.5) is 10.1 Å². The van der Waals surface area contributed by atoms with Gasteiger partial charge in [0.1, 0.15) is 16.5 Å². The smallest absolute Gasteiger partial charge is 0.268 e. The molecule has 6 heteroatoms. The lowest BCUT2D eigenvalue weighted by Gasteiger charge is -2.20. The number of benzene rings is 1. The first-order valence-corrected chi connectivity index (χ1v) is 8.55. The Morgan fingerprint density at radius 3 is 2.46 bits per heavy atom. The zero-order chi connectivity index (χ0) is 17.4. The lowest BCUT2D eigenvalue weighted by molar-refractivity contribution is 0.0991. The van der Waals surface area contributed by atoms with Gasteiger partial charge in [-0.3, -0.25) is 4.79 Å². The average Bonchev–Trinajstić information content (AvgIpc) is 2.86. The Kier molecular flexibility index (Phi) is 4.32. The molecule has 0 saturated carbocycles. The van der Waals surface area contributed by atoms with Crippen molar-refractivity contribution in [2.45, 2.75) is 27.7 Å². The highest BCUT2D eigenvalue weighted by atomic mass is 32.1. The summed E-state index contributed by atoms with van der Waals surface area (Å²) in [6.07, 6.45) is 0. The molecule has 0 aliphatic rings. The third-order valence-electron chi connectivity index (χ3n) is 3.98. The summed E-state index contributed by atoms with van der Waals surface area (Å²) in [4.78, 5) is 25.0. The molecule has 0 aliphatic heterocycles. The van der Waals surface area contributed by atoms with Crippen LogP contribution in [0.5, 0.6) is 0 Å². The summed E-state index contributed by atoms with van der Waals surface area (Å²) in [5, 5.41) is 0.948. The van der Waals surface area contributed by atoms with Gasteiger partial charge in [-0.1, -0.05) is 0 Å². The Morgan fingerprint density at radius 1 is 1.17 bits per heavy atom. The minimum absolute atomic E-state index is 0.0957. The molecule has 0 bridgehead atoms. The second kappa shape index (κ2) is 6.28. The summed E-state index contributed by atoms with van der Waals surface area (Å²) in [5.74, 6) is 0.287. The maximum Gasteiger partial charge on any atom is 0.268 e. The van der Waals surface area contributed by atoms with E-state index in [4.69, 9.17) is 0 Å². The van der Waals surface area contributed by atoms with E-state index in [1.54, 1.807) is 17.0 Å². The second-order valence-corrected chi connectivity index (χ2v) is 6.62. The highest BCUT2D eigenvalue weighted by Gasteiger charge is 2.23. The topological polar surface area (TPSA) is 46.1 Å². The van der Waals surface area contributed by atoms with Crippen molar-refractivity contribution >= 4 is 33.1 Å². The summed E-state index contributed by atoms with van der Waals surface area (Å²) in [6.45, 7) is 8.11. The van der Waals surface area contributed by atoms with Crippen LogP contribution in [0, 0.1) is 26.6 Å². The van der Waals surface area contributed by atoms with Crippen molar-refractivity contribution < 1.29 is 9.18 Å². The molecule has 0 fully saturated rings. The van der Waals surface area contributed by atoms with Crippen LogP contribution in [0.25, 0.3) is 10.2 Å². The van der Waals surface area contributed by atoms with Crippen molar-refractivity contribution in [3.05, 3.63) is 52.0 Å². The van der Waals surface area contributed by atoms with Crippen LogP contribution < -0.4 is 4.90 Å². The molecule has 0 saturated heterocycles. The minimum atomic E-state index is -0.318. The molecule has 0 unspecified atom stereocenters. The molecule has 1 aromatic carbocycles. The van der Waals surface area contributed by atoms with Crippen molar-refractivity contribution in [2.24, 2.45) is 0 Å². The molecule has 0 atom stereocenters. The van der Waals surface area contributed by atoms with Gasteiger partial charge in [0, 0.05) is 23.3 Å². The van der Waals surface area contributed by atoms with E-state index < -0.39 is 0 Å². The molecule has 2 heterocycles. The first-order valence-electron chi connectivity index (χ1n) is 7.74. The number of carbonyl (C=O) groups is 1. The van der Waals surface area contributed by atoms with Crippen LogP contribution in [-0.2, 0) is 0 Å². The number of nitrogens with zero attached hydrogens (tertiary/aromatic N) is 3. The number of thiophene rings is 1. The maximum absolute atomic E-state index is 13.1. The maximum atomic E-state index is 13.1.